The fourth-order valence-corrected chi connectivity index (χ4v) is 1.13. The van der Waals surface area contributed by atoms with Crippen molar-refractivity contribution in [2.45, 2.75) is 6.92 Å². The molecule has 0 saturated carbocycles. The molecule has 0 radical (unpaired) electrons. The molecule has 1 rings (SSSR count). The van der Waals surface area contributed by atoms with Crippen LogP contribution in [0.15, 0.2) is 24.3 Å². The van der Waals surface area contributed by atoms with Gasteiger partial charge in [-0.1, -0.05) is 12.0 Å². The van der Waals surface area contributed by atoms with Gasteiger partial charge in [0, 0.05) is 0 Å². The summed E-state index contributed by atoms with van der Waals surface area (Å²) in [5.41, 5.74) is 2.23. The zero-order chi connectivity index (χ0) is 9.68. The van der Waals surface area contributed by atoms with E-state index in [-0.39, 0.29) is 0 Å². The number of hydrogen-bond acceptors (Lipinski definition) is 1. The molecule has 0 amide bonds. The molecule has 0 aliphatic heterocycles. The van der Waals surface area contributed by atoms with Gasteiger partial charge in [-0.25, -0.2) is 0 Å². The summed E-state index contributed by atoms with van der Waals surface area (Å²) < 4.78 is 5.13. The minimum absolute atomic E-state index is 0.858. The lowest BCUT2D eigenvalue weighted by Crippen LogP contribution is -1.85. The van der Waals surface area contributed by atoms with E-state index in [1.54, 1.807) is 13.2 Å². The van der Waals surface area contributed by atoms with Crippen LogP contribution in [0.5, 0.6) is 5.75 Å². The van der Waals surface area contributed by atoms with Crippen LogP contribution in [0.2, 0.25) is 0 Å². The van der Waals surface area contributed by atoms with Gasteiger partial charge in [0.1, 0.15) is 5.75 Å². The van der Waals surface area contributed by atoms with E-state index in [0.717, 1.165) is 16.9 Å². The molecule has 1 aromatic carbocycles. The highest BCUT2D eigenvalue weighted by atomic mass is 16.5. The van der Waals surface area contributed by atoms with Gasteiger partial charge in [0.15, 0.2) is 0 Å². The second-order valence-electron chi connectivity index (χ2n) is 2.78. The summed E-state index contributed by atoms with van der Waals surface area (Å²) >= 11 is 0. The number of methoxy groups -OCH3 is 1. The Labute approximate surface area is 79.0 Å². The van der Waals surface area contributed by atoms with Crippen molar-refractivity contribution in [3.63, 3.8) is 0 Å². The van der Waals surface area contributed by atoms with Crippen LogP contribution in [0.1, 0.15) is 11.1 Å². The van der Waals surface area contributed by atoms with E-state index in [1.165, 1.54) is 0 Å². The number of rotatable bonds is 2. The molecule has 0 atom stereocenters. The van der Waals surface area contributed by atoms with Crippen molar-refractivity contribution in [2.75, 3.05) is 7.11 Å². The average Bonchev–Trinajstić information content (AvgIpc) is 2.14. The van der Waals surface area contributed by atoms with Crippen molar-refractivity contribution < 1.29 is 4.74 Å². The smallest absolute Gasteiger partial charge is 0.119 e. The van der Waals surface area contributed by atoms with Gasteiger partial charge in [0.05, 0.1) is 7.11 Å². The summed E-state index contributed by atoms with van der Waals surface area (Å²) in [7, 11) is 1.66. The summed E-state index contributed by atoms with van der Waals surface area (Å²) in [6.07, 6.45) is 8.68. The molecule has 0 heterocycles. The molecule has 0 spiro atoms. The van der Waals surface area contributed by atoms with Crippen LogP contribution in [-0.2, 0) is 0 Å². The Morgan fingerprint density at radius 2 is 2.15 bits per heavy atom. The minimum atomic E-state index is 0.858. The molecule has 0 aromatic heterocycles. The standard InChI is InChI=1S/C12H12O/c1-4-5-6-11-7-10(2)8-12(9-11)13-3/h1,5-9H,2-3H3. The Kier molecular flexibility index (Phi) is 3.16. The first-order valence-corrected chi connectivity index (χ1v) is 4.04. The van der Waals surface area contributed by atoms with E-state index in [9.17, 15) is 0 Å². The van der Waals surface area contributed by atoms with Crippen LogP contribution < -0.4 is 4.74 Å². The lowest BCUT2D eigenvalue weighted by Gasteiger charge is -2.02. The van der Waals surface area contributed by atoms with Crippen LogP contribution in [0.25, 0.3) is 6.08 Å². The monoisotopic (exact) mass is 172 g/mol. The van der Waals surface area contributed by atoms with Gasteiger partial charge in [-0.3, -0.25) is 0 Å². The highest BCUT2D eigenvalue weighted by molar-refractivity contribution is 5.55. The maximum atomic E-state index is 5.13. The van der Waals surface area contributed by atoms with E-state index in [1.807, 2.05) is 25.1 Å². The van der Waals surface area contributed by atoms with Crippen molar-refractivity contribution in [3.05, 3.63) is 35.4 Å². The number of ether oxygens (including phenoxy) is 1. The Morgan fingerprint density at radius 1 is 1.38 bits per heavy atom. The molecule has 0 N–H and O–H groups in total. The quantitative estimate of drug-likeness (QED) is 0.623. The third kappa shape index (κ3) is 2.68. The fourth-order valence-electron chi connectivity index (χ4n) is 1.13. The summed E-state index contributed by atoms with van der Waals surface area (Å²) in [6, 6.07) is 5.98. The van der Waals surface area contributed by atoms with E-state index >= 15 is 0 Å². The van der Waals surface area contributed by atoms with Gasteiger partial charge in [0.25, 0.3) is 0 Å². The Hall–Kier alpha value is -1.68. The zero-order valence-corrected chi connectivity index (χ0v) is 7.87. The molecular weight excluding hydrogens is 160 g/mol. The first-order valence-electron chi connectivity index (χ1n) is 4.04. The summed E-state index contributed by atoms with van der Waals surface area (Å²) in [5.74, 6) is 3.31. The van der Waals surface area contributed by atoms with Crippen LogP contribution >= 0.6 is 0 Å². The predicted molar refractivity (Wildman–Crippen MR) is 55.6 cm³/mol. The second-order valence-corrected chi connectivity index (χ2v) is 2.78. The molecule has 0 saturated heterocycles. The van der Waals surface area contributed by atoms with E-state index in [4.69, 9.17) is 11.2 Å². The van der Waals surface area contributed by atoms with Gasteiger partial charge in [0.2, 0.25) is 0 Å². The third-order valence-corrected chi connectivity index (χ3v) is 1.68. The number of allylic oxidation sites excluding steroid dienone is 1. The van der Waals surface area contributed by atoms with Crippen molar-refractivity contribution in [2.24, 2.45) is 0 Å². The van der Waals surface area contributed by atoms with Gasteiger partial charge >= 0.3 is 0 Å². The molecule has 0 bridgehead atoms. The van der Waals surface area contributed by atoms with E-state index in [0.29, 0.717) is 0 Å². The number of terminal acetylenes is 1. The van der Waals surface area contributed by atoms with Crippen LogP contribution in [0, 0.1) is 19.3 Å². The molecule has 1 heteroatoms. The third-order valence-electron chi connectivity index (χ3n) is 1.68. The highest BCUT2D eigenvalue weighted by Gasteiger charge is 1.94. The van der Waals surface area contributed by atoms with E-state index in [2.05, 4.69) is 12.0 Å². The minimum Gasteiger partial charge on any atom is -0.497 e. The van der Waals surface area contributed by atoms with E-state index < -0.39 is 0 Å². The van der Waals surface area contributed by atoms with Gasteiger partial charge < -0.3 is 4.74 Å². The molecule has 0 fully saturated rings. The topological polar surface area (TPSA) is 9.23 Å². The lowest BCUT2D eigenvalue weighted by molar-refractivity contribution is 0.414. The van der Waals surface area contributed by atoms with Crippen molar-refractivity contribution in [3.8, 4) is 18.1 Å². The SMILES string of the molecule is C#CC=Cc1cc(C)cc(OC)c1. The average molecular weight is 172 g/mol. The van der Waals surface area contributed by atoms with Crippen LogP contribution in [-0.4, -0.2) is 7.11 Å². The number of hydrogen-bond donors (Lipinski definition) is 0. The maximum absolute atomic E-state index is 5.13. The highest BCUT2D eigenvalue weighted by Crippen LogP contribution is 2.17. The largest absolute Gasteiger partial charge is 0.497 e. The molecule has 0 aliphatic carbocycles. The molecule has 0 unspecified atom stereocenters. The molecule has 0 aliphatic rings. The normalized spacial score (nSPS) is 9.92. The van der Waals surface area contributed by atoms with Crippen LogP contribution in [0.3, 0.4) is 0 Å². The molecular formula is C12H12O. The Morgan fingerprint density at radius 3 is 2.77 bits per heavy atom. The van der Waals surface area contributed by atoms with Crippen molar-refractivity contribution in [1.29, 1.82) is 0 Å². The predicted octanol–water partition coefficient (Wildman–Crippen LogP) is 2.65. The van der Waals surface area contributed by atoms with Gasteiger partial charge in [-0.05, 0) is 42.3 Å². The zero-order valence-electron chi connectivity index (χ0n) is 7.87. The van der Waals surface area contributed by atoms with Gasteiger partial charge in [-0.2, -0.15) is 0 Å². The summed E-state index contributed by atoms with van der Waals surface area (Å²) in [4.78, 5) is 0. The summed E-state index contributed by atoms with van der Waals surface area (Å²) in [6.45, 7) is 2.02. The number of aryl methyl sites for hydroxylation is 1. The fraction of sp³-hybridized carbons (Fsp3) is 0.167. The van der Waals surface area contributed by atoms with Crippen molar-refractivity contribution >= 4 is 6.08 Å². The number of benzene rings is 1. The lowest BCUT2D eigenvalue weighted by atomic mass is 10.1. The first kappa shape index (κ1) is 9.41. The molecule has 66 valence electrons. The second kappa shape index (κ2) is 4.37. The first-order chi connectivity index (χ1) is 6.26. The molecule has 1 aromatic rings. The molecule has 1 nitrogen and oxygen atoms in total. The Bertz CT molecular complexity index is 356. The van der Waals surface area contributed by atoms with Crippen LogP contribution in [0.4, 0.5) is 0 Å². The maximum Gasteiger partial charge on any atom is 0.119 e. The summed E-state index contributed by atoms with van der Waals surface area (Å²) in [5, 5.41) is 0. The Balaban J connectivity index is 3.03. The molecule has 13 heavy (non-hydrogen) atoms. The van der Waals surface area contributed by atoms with Gasteiger partial charge in [-0.15, -0.1) is 6.42 Å². The van der Waals surface area contributed by atoms with Crippen molar-refractivity contribution in [1.82, 2.24) is 0 Å².